The molecule has 1 aliphatic carbocycles. The average Bonchev–Trinajstić information content (AvgIpc) is 2.55. The Hall–Kier alpha value is -0.390. The van der Waals surface area contributed by atoms with Crippen molar-refractivity contribution < 1.29 is 8.42 Å². The van der Waals surface area contributed by atoms with Crippen LogP contribution in [0.25, 0.3) is 0 Å². The van der Waals surface area contributed by atoms with Gasteiger partial charge in [-0.2, -0.15) is 0 Å². The second-order valence-corrected chi connectivity index (χ2v) is 8.08. The van der Waals surface area contributed by atoms with Gasteiger partial charge in [0.15, 0.2) is 0 Å². The van der Waals surface area contributed by atoms with Crippen molar-refractivity contribution in [2.75, 3.05) is 0 Å². The molecule has 19 heavy (non-hydrogen) atoms. The number of aryl methyl sites for hydroxylation is 1. The molecule has 1 aromatic carbocycles. The number of rotatable bonds is 3. The van der Waals surface area contributed by atoms with Gasteiger partial charge in [-0.15, -0.1) is 0 Å². The molecule has 1 aromatic rings. The minimum absolute atomic E-state index is 0.00574. The topological polar surface area (TPSA) is 46.2 Å². The van der Waals surface area contributed by atoms with Gasteiger partial charge in [-0.25, -0.2) is 13.1 Å². The molecule has 1 saturated carbocycles. The van der Waals surface area contributed by atoms with E-state index in [1.54, 1.807) is 12.1 Å². The molecule has 106 valence electrons. The Morgan fingerprint density at radius 2 is 1.74 bits per heavy atom. The third kappa shape index (κ3) is 4.04. The molecular formula is C14H20BrNO2S. The van der Waals surface area contributed by atoms with Crippen LogP contribution in [-0.4, -0.2) is 19.3 Å². The highest BCUT2D eigenvalue weighted by Gasteiger charge is 2.26. The van der Waals surface area contributed by atoms with Crippen LogP contribution in [0.1, 0.15) is 37.7 Å². The Labute approximate surface area is 124 Å². The van der Waals surface area contributed by atoms with Crippen LogP contribution < -0.4 is 4.72 Å². The van der Waals surface area contributed by atoms with E-state index in [0.29, 0.717) is 4.90 Å². The van der Waals surface area contributed by atoms with Crippen LogP contribution in [0.2, 0.25) is 0 Å². The zero-order valence-corrected chi connectivity index (χ0v) is 13.5. The molecule has 1 aliphatic rings. The minimum atomic E-state index is -3.41. The van der Waals surface area contributed by atoms with Gasteiger partial charge in [-0.3, -0.25) is 0 Å². The van der Waals surface area contributed by atoms with Crippen molar-refractivity contribution in [3.63, 3.8) is 0 Å². The molecule has 2 unspecified atom stereocenters. The molecule has 1 N–H and O–H groups in total. The standard InChI is InChI=1S/C14H20BrNO2S/c1-11-7-9-12(10-8-11)19(17,18)16-14-6-4-2-3-5-13(14)15/h7-10,13-14,16H,2-6H2,1H3. The third-order valence-electron chi connectivity index (χ3n) is 3.57. The quantitative estimate of drug-likeness (QED) is 0.674. The first kappa shape index (κ1) is 15.0. The fourth-order valence-corrected chi connectivity index (χ4v) is 4.59. The third-order valence-corrected chi connectivity index (χ3v) is 6.17. The Morgan fingerprint density at radius 3 is 2.42 bits per heavy atom. The lowest BCUT2D eigenvalue weighted by Crippen LogP contribution is -2.40. The summed E-state index contributed by atoms with van der Waals surface area (Å²) in [6, 6.07) is 6.98. The predicted octanol–water partition coefficient (Wildman–Crippen LogP) is 3.37. The molecule has 2 atom stereocenters. The van der Waals surface area contributed by atoms with Gasteiger partial charge in [0, 0.05) is 10.9 Å². The highest BCUT2D eigenvalue weighted by molar-refractivity contribution is 9.09. The fourth-order valence-electron chi connectivity index (χ4n) is 2.38. The SMILES string of the molecule is Cc1ccc(S(=O)(=O)NC2CCCCCC2Br)cc1. The highest BCUT2D eigenvalue weighted by atomic mass is 79.9. The van der Waals surface area contributed by atoms with E-state index in [0.717, 1.165) is 24.8 Å². The van der Waals surface area contributed by atoms with Crippen molar-refractivity contribution >= 4 is 26.0 Å². The van der Waals surface area contributed by atoms with Crippen molar-refractivity contribution in [2.45, 2.75) is 54.8 Å². The van der Waals surface area contributed by atoms with Gasteiger partial charge in [0.2, 0.25) is 10.0 Å². The van der Waals surface area contributed by atoms with Gasteiger partial charge in [0.05, 0.1) is 4.90 Å². The zero-order chi connectivity index (χ0) is 13.9. The van der Waals surface area contributed by atoms with E-state index in [-0.39, 0.29) is 10.9 Å². The Bertz CT molecular complexity index is 513. The van der Waals surface area contributed by atoms with Gasteiger partial charge in [0.25, 0.3) is 0 Å². The molecule has 5 heteroatoms. The summed E-state index contributed by atoms with van der Waals surface area (Å²) < 4.78 is 27.5. The van der Waals surface area contributed by atoms with Crippen LogP contribution in [0.5, 0.6) is 0 Å². The van der Waals surface area contributed by atoms with E-state index >= 15 is 0 Å². The van der Waals surface area contributed by atoms with E-state index in [4.69, 9.17) is 0 Å². The second-order valence-electron chi connectivity index (χ2n) is 5.19. The molecule has 0 heterocycles. The Kier molecular flexibility index (Phi) is 5.03. The van der Waals surface area contributed by atoms with Crippen LogP contribution in [0, 0.1) is 6.92 Å². The molecule has 2 rings (SSSR count). The molecule has 0 bridgehead atoms. The van der Waals surface area contributed by atoms with E-state index in [1.807, 2.05) is 19.1 Å². The highest BCUT2D eigenvalue weighted by Crippen LogP contribution is 2.25. The lowest BCUT2D eigenvalue weighted by molar-refractivity contribution is 0.521. The number of benzene rings is 1. The average molecular weight is 346 g/mol. The number of hydrogen-bond acceptors (Lipinski definition) is 2. The van der Waals surface area contributed by atoms with Gasteiger partial charge >= 0.3 is 0 Å². The molecular weight excluding hydrogens is 326 g/mol. The Balaban J connectivity index is 2.13. The summed E-state index contributed by atoms with van der Waals surface area (Å²) in [5, 5.41) is 0. The van der Waals surface area contributed by atoms with Crippen LogP contribution in [0.4, 0.5) is 0 Å². The minimum Gasteiger partial charge on any atom is -0.207 e. The molecule has 0 radical (unpaired) electrons. The summed E-state index contributed by atoms with van der Waals surface area (Å²) in [5.74, 6) is 0. The maximum Gasteiger partial charge on any atom is 0.240 e. The molecule has 0 spiro atoms. The summed E-state index contributed by atoms with van der Waals surface area (Å²) in [5.41, 5.74) is 1.06. The normalized spacial score (nSPS) is 24.9. The van der Waals surface area contributed by atoms with Crippen molar-refractivity contribution in [1.29, 1.82) is 0 Å². The number of alkyl halides is 1. The van der Waals surface area contributed by atoms with Crippen LogP contribution in [0.15, 0.2) is 29.2 Å². The zero-order valence-electron chi connectivity index (χ0n) is 11.1. The first-order valence-electron chi connectivity index (χ1n) is 6.72. The number of halogens is 1. The lowest BCUT2D eigenvalue weighted by atomic mass is 10.1. The van der Waals surface area contributed by atoms with Gasteiger partial charge in [-0.1, -0.05) is 52.9 Å². The van der Waals surface area contributed by atoms with Crippen molar-refractivity contribution in [3.8, 4) is 0 Å². The monoisotopic (exact) mass is 345 g/mol. The molecule has 1 fully saturated rings. The lowest BCUT2D eigenvalue weighted by Gasteiger charge is -2.21. The van der Waals surface area contributed by atoms with Crippen LogP contribution >= 0.6 is 15.9 Å². The van der Waals surface area contributed by atoms with Crippen molar-refractivity contribution in [3.05, 3.63) is 29.8 Å². The molecule has 3 nitrogen and oxygen atoms in total. The largest absolute Gasteiger partial charge is 0.240 e. The number of nitrogens with one attached hydrogen (secondary N) is 1. The van der Waals surface area contributed by atoms with Crippen LogP contribution in [-0.2, 0) is 10.0 Å². The summed E-state index contributed by atoms with van der Waals surface area (Å²) in [4.78, 5) is 0.581. The summed E-state index contributed by atoms with van der Waals surface area (Å²) in [7, 11) is -3.41. The maximum absolute atomic E-state index is 12.3. The van der Waals surface area contributed by atoms with Crippen molar-refractivity contribution in [1.82, 2.24) is 4.72 Å². The molecule has 0 aromatic heterocycles. The van der Waals surface area contributed by atoms with Gasteiger partial charge in [0.1, 0.15) is 0 Å². The van der Waals surface area contributed by atoms with E-state index < -0.39 is 10.0 Å². The smallest absolute Gasteiger partial charge is 0.207 e. The van der Waals surface area contributed by atoms with E-state index in [2.05, 4.69) is 20.7 Å². The van der Waals surface area contributed by atoms with Gasteiger partial charge < -0.3 is 0 Å². The van der Waals surface area contributed by atoms with E-state index in [1.165, 1.54) is 12.8 Å². The van der Waals surface area contributed by atoms with E-state index in [9.17, 15) is 8.42 Å². The first-order valence-corrected chi connectivity index (χ1v) is 9.12. The molecule has 0 aliphatic heterocycles. The Morgan fingerprint density at radius 1 is 1.11 bits per heavy atom. The summed E-state index contributed by atoms with van der Waals surface area (Å²) >= 11 is 3.61. The second kappa shape index (κ2) is 6.37. The predicted molar refractivity (Wildman–Crippen MR) is 81.1 cm³/mol. The summed E-state index contributed by atoms with van der Waals surface area (Å²) in [6.07, 6.45) is 5.37. The first-order chi connectivity index (χ1) is 8.99. The van der Waals surface area contributed by atoms with Crippen molar-refractivity contribution in [2.24, 2.45) is 0 Å². The van der Waals surface area contributed by atoms with Crippen LogP contribution in [0.3, 0.4) is 0 Å². The number of sulfonamides is 1. The molecule has 0 saturated heterocycles. The maximum atomic E-state index is 12.3. The fraction of sp³-hybridized carbons (Fsp3) is 0.571. The number of hydrogen-bond donors (Lipinski definition) is 1. The van der Waals surface area contributed by atoms with Gasteiger partial charge in [-0.05, 0) is 31.9 Å². The molecule has 0 amide bonds. The summed E-state index contributed by atoms with van der Waals surface area (Å²) in [6.45, 7) is 1.95.